The van der Waals surface area contributed by atoms with Crippen LogP contribution in [0.25, 0.3) is 0 Å². The van der Waals surface area contributed by atoms with Gasteiger partial charge in [-0.2, -0.15) is 0 Å². The zero-order chi connectivity index (χ0) is 29.0. The molecule has 1 amide bonds. The standard InChI is InChI=1S/C32H38Cl2N2O4/c1-36(2,3)25-15-13-24(14-16-25)23-30(37)35-21-8-6-4-5-7-9-22-39-26-17-19-27(20-18-26)40-32(38)31-28(33)11-10-12-29(31)34/h10-20H,4-9,21-23H2,1-3H3/p+1. The van der Waals surface area contributed by atoms with E-state index in [-0.39, 0.29) is 21.5 Å². The first-order valence-corrected chi connectivity index (χ1v) is 14.5. The molecule has 0 aliphatic carbocycles. The number of amides is 1. The molecule has 6 nitrogen and oxygen atoms in total. The van der Waals surface area contributed by atoms with Gasteiger partial charge >= 0.3 is 5.97 Å². The number of halogens is 2. The van der Waals surface area contributed by atoms with Gasteiger partial charge in [-0.3, -0.25) is 9.28 Å². The first-order valence-electron chi connectivity index (χ1n) is 13.7. The Balaban J connectivity index is 1.21. The maximum Gasteiger partial charge on any atom is 0.346 e. The number of ether oxygens (including phenoxy) is 2. The van der Waals surface area contributed by atoms with Crippen LogP contribution in [0.3, 0.4) is 0 Å². The highest BCUT2D eigenvalue weighted by molar-refractivity contribution is 6.39. The summed E-state index contributed by atoms with van der Waals surface area (Å²) in [6, 6.07) is 20.0. The van der Waals surface area contributed by atoms with Crippen LogP contribution in [0.1, 0.15) is 54.4 Å². The molecule has 0 aliphatic heterocycles. The average molecular weight is 587 g/mol. The molecular weight excluding hydrogens is 547 g/mol. The number of esters is 1. The van der Waals surface area contributed by atoms with Gasteiger partial charge in [-0.1, -0.05) is 67.1 Å². The molecule has 0 fully saturated rings. The molecule has 0 saturated heterocycles. The van der Waals surface area contributed by atoms with Gasteiger partial charge in [-0.15, -0.1) is 0 Å². The lowest BCUT2D eigenvalue weighted by Crippen LogP contribution is -2.34. The largest absolute Gasteiger partial charge is 0.494 e. The zero-order valence-electron chi connectivity index (χ0n) is 23.6. The van der Waals surface area contributed by atoms with Gasteiger partial charge in [0.25, 0.3) is 0 Å². The molecule has 0 saturated carbocycles. The fourth-order valence-electron chi connectivity index (χ4n) is 4.12. The Hall–Kier alpha value is -3.06. The quantitative estimate of drug-likeness (QED) is 0.0868. The van der Waals surface area contributed by atoms with E-state index in [0.29, 0.717) is 18.8 Å². The highest BCUT2D eigenvalue weighted by Gasteiger charge is 2.17. The topological polar surface area (TPSA) is 64.6 Å². The minimum Gasteiger partial charge on any atom is -0.494 e. The second kappa shape index (κ2) is 15.7. The van der Waals surface area contributed by atoms with Crippen molar-refractivity contribution in [1.82, 2.24) is 9.80 Å². The van der Waals surface area contributed by atoms with E-state index in [1.807, 2.05) is 12.1 Å². The van der Waals surface area contributed by atoms with Gasteiger partial charge in [-0.05, 0) is 66.9 Å². The second-order valence-corrected chi connectivity index (χ2v) is 11.4. The minimum absolute atomic E-state index is 0.0753. The van der Waals surface area contributed by atoms with Crippen LogP contribution >= 0.6 is 23.2 Å². The Labute approximate surface area is 247 Å². The Bertz CT molecular complexity index is 1220. The summed E-state index contributed by atoms with van der Waals surface area (Å²) < 4.78 is 11.9. The maximum atomic E-state index is 12.4. The third-order valence-corrected chi connectivity index (χ3v) is 7.07. The summed E-state index contributed by atoms with van der Waals surface area (Å²) in [6.45, 7) is 1.34. The van der Waals surface area contributed by atoms with Crippen molar-refractivity contribution in [2.24, 2.45) is 0 Å². The Morgan fingerprint density at radius 2 is 1.32 bits per heavy atom. The Morgan fingerprint density at radius 3 is 1.95 bits per heavy atom. The van der Waals surface area contributed by atoms with Crippen LogP contribution in [-0.2, 0) is 11.2 Å². The molecule has 214 valence electrons. The fourth-order valence-corrected chi connectivity index (χ4v) is 4.67. The van der Waals surface area contributed by atoms with Crippen LogP contribution in [0.2, 0.25) is 10.0 Å². The van der Waals surface area contributed by atoms with Crippen molar-refractivity contribution in [2.75, 3.05) is 34.3 Å². The van der Waals surface area contributed by atoms with Crippen molar-refractivity contribution in [3.8, 4) is 11.5 Å². The maximum absolute atomic E-state index is 12.4. The van der Waals surface area contributed by atoms with Gasteiger partial charge in [0.1, 0.15) is 17.2 Å². The zero-order valence-corrected chi connectivity index (χ0v) is 25.1. The van der Waals surface area contributed by atoms with Crippen molar-refractivity contribution in [3.05, 3.63) is 87.9 Å². The van der Waals surface area contributed by atoms with Crippen LogP contribution in [-0.4, -0.2) is 46.2 Å². The number of hydrogen-bond donors (Lipinski definition) is 1. The van der Waals surface area contributed by atoms with Crippen LogP contribution in [0.5, 0.6) is 11.5 Å². The summed E-state index contributed by atoms with van der Waals surface area (Å²) in [4.78, 5) is 24.6. The molecule has 0 atom stereocenters. The molecule has 3 aromatic rings. The van der Waals surface area contributed by atoms with Gasteiger partial charge < -0.3 is 14.8 Å². The number of carbonyl (C=O) groups excluding carboxylic acids is 2. The van der Waals surface area contributed by atoms with Crippen molar-refractivity contribution < 1.29 is 19.1 Å². The highest BCUT2D eigenvalue weighted by atomic mass is 35.5. The number of rotatable bonds is 15. The van der Waals surface area contributed by atoms with E-state index in [0.717, 1.165) is 60.9 Å². The van der Waals surface area contributed by atoms with Gasteiger partial charge in [0.05, 0.1) is 49.8 Å². The molecule has 8 heteroatoms. The summed E-state index contributed by atoms with van der Waals surface area (Å²) in [5, 5.41) is 3.53. The predicted molar refractivity (Wildman–Crippen MR) is 164 cm³/mol. The van der Waals surface area contributed by atoms with E-state index in [4.69, 9.17) is 32.7 Å². The lowest BCUT2D eigenvalue weighted by Gasteiger charge is -2.23. The van der Waals surface area contributed by atoms with Gasteiger partial charge in [0.2, 0.25) is 5.91 Å². The first-order chi connectivity index (χ1) is 19.1. The molecule has 0 heterocycles. The third-order valence-electron chi connectivity index (χ3n) is 6.44. The van der Waals surface area contributed by atoms with Crippen LogP contribution < -0.4 is 19.3 Å². The minimum atomic E-state index is -0.604. The summed E-state index contributed by atoms with van der Waals surface area (Å²) in [5.74, 6) is 0.577. The number of hydrogen-bond acceptors (Lipinski definition) is 4. The predicted octanol–water partition coefficient (Wildman–Crippen LogP) is 7.49. The van der Waals surface area contributed by atoms with Crippen molar-refractivity contribution in [2.45, 2.75) is 44.9 Å². The van der Waals surface area contributed by atoms with Crippen LogP contribution in [0.15, 0.2) is 66.7 Å². The summed E-state index contributed by atoms with van der Waals surface area (Å²) in [5.41, 5.74) is 2.40. The Kier molecular flexibility index (Phi) is 12.3. The summed E-state index contributed by atoms with van der Waals surface area (Å²) >= 11 is 12.1. The number of unbranched alkanes of at least 4 members (excludes halogenated alkanes) is 5. The molecular formula is C32H39Cl2N2O4+. The summed E-state index contributed by atoms with van der Waals surface area (Å²) in [6.07, 6.45) is 6.83. The number of nitrogens with one attached hydrogen (secondary N) is 1. The van der Waals surface area contributed by atoms with E-state index in [9.17, 15) is 9.59 Å². The van der Waals surface area contributed by atoms with Crippen molar-refractivity contribution in [1.29, 1.82) is 0 Å². The van der Waals surface area contributed by atoms with Gasteiger partial charge in [0, 0.05) is 6.54 Å². The number of carbonyl (C=O) groups is 2. The molecule has 3 aromatic carbocycles. The Morgan fingerprint density at radius 1 is 0.750 bits per heavy atom. The molecule has 3 rings (SSSR count). The SMILES string of the molecule is C[N+](C)(C)c1ccc(CC(=O)NCCCCCCCCOc2ccc(OC(=O)c3c(Cl)cccc3Cl)cc2)cc1. The average Bonchev–Trinajstić information content (AvgIpc) is 2.90. The molecule has 1 N–H and O–H groups in total. The molecule has 0 unspecified atom stereocenters. The van der Waals surface area contributed by atoms with E-state index < -0.39 is 5.97 Å². The van der Waals surface area contributed by atoms with Crippen LogP contribution in [0.4, 0.5) is 5.69 Å². The molecule has 0 spiro atoms. The highest BCUT2D eigenvalue weighted by Crippen LogP contribution is 2.26. The lowest BCUT2D eigenvalue weighted by atomic mass is 10.1. The second-order valence-electron chi connectivity index (χ2n) is 10.6. The lowest BCUT2D eigenvalue weighted by molar-refractivity contribution is -0.120. The number of quaternary nitrogens is 1. The van der Waals surface area contributed by atoms with Crippen LogP contribution in [0, 0.1) is 0 Å². The molecule has 0 aliphatic rings. The van der Waals surface area contributed by atoms with E-state index in [1.54, 1.807) is 42.5 Å². The molecule has 0 radical (unpaired) electrons. The first kappa shape index (κ1) is 31.5. The number of benzene rings is 3. The fraction of sp³-hybridized carbons (Fsp3) is 0.375. The van der Waals surface area contributed by atoms with Gasteiger partial charge in [-0.25, -0.2) is 4.79 Å². The molecule has 0 aromatic heterocycles. The smallest absolute Gasteiger partial charge is 0.346 e. The van der Waals surface area contributed by atoms with Crippen molar-refractivity contribution >= 4 is 40.8 Å². The summed E-state index contributed by atoms with van der Waals surface area (Å²) in [7, 11) is 6.38. The molecule has 0 bridgehead atoms. The van der Waals surface area contributed by atoms with Gasteiger partial charge in [0.15, 0.2) is 0 Å². The van der Waals surface area contributed by atoms with E-state index >= 15 is 0 Å². The monoisotopic (exact) mass is 585 g/mol. The van der Waals surface area contributed by atoms with Crippen molar-refractivity contribution in [3.63, 3.8) is 0 Å². The van der Waals surface area contributed by atoms with E-state index in [2.05, 4.69) is 38.6 Å². The third kappa shape index (κ3) is 10.5. The van der Waals surface area contributed by atoms with E-state index in [1.165, 1.54) is 5.69 Å². The number of nitrogens with zero attached hydrogens (tertiary/aromatic N) is 1. The molecule has 40 heavy (non-hydrogen) atoms. The normalized spacial score (nSPS) is 11.2.